The number of benzene rings is 4. The molecule has 4 aromatic rings. The summed E-state index contributed by atoms with van der Waals surface area (Å²) in [6, 6.07) is 33.4. The molecule has 0 radical (unpaired) electrons. The molecule has 0 heterocycles. The zero-order chi connectivity index (χ0) is 25.9. The van der Waals surface area contributed by atoms with Gasteiger partial charge in [-0.05, 0) is 71.7 Å². The Morgan fingerprint density at radius 1 is 0.556 bits per heavy atom. The fraction of sp³-hybridized carbons (Fsp3) is 0.314. The molecule has 0 N–H and O–H groups in total. The highest BCUT2D eigenvalue weighted by Crippen LogP contribution is 2.55. The van der Waals surface area contributed by atoms with E-state index in [2.05, 4.69) is 151 Å². The van der Waals surface area contributed by atoms with Crippen molar-refractivity contribution in [2.75, 3.05) is 4.90 Å². The number of anilines is 2. The van der Waals surface area contributed by atoms with Crippen LogP contribution < -0.4 is 4.90 Å². The lowest BCUT2D eigenvalue weighted by Crippen LogP contribution is -2.39. The van der Waals surface area contributed by atoms with Crippen LogP contribution in [-0.4, -0.2) is 5.54 Å². The molecule has 1 nitrogen and oxygen atoms in total. The Hall–Kier alpha value is -3.32. The van der Waals surface area contributed by atoms with Crippen LogP contribution in [0.5, 0.6) is 0 Å². The van der Waals surface area contributed by atoms with Crippen molar-refractivity contribution in [3.05, 3.63) is 108 Å². The first-order chi connectivity index (χ1) is 16.9. The summed E-state index contributed by atoms with van der Waals surface area (Å²) in [4.78, 5) is 2.57. The van der Waals surface area contributed by atoms with Gasteiger partial charge in [0.25, 0.3) is 0 Å². The third kappa shape index (κ3) is 3.86. The van der Waals surface area contributed by atoms with E-state index in [0.717, 1.165) is 0 Å². The largest absolute Gasteiger partial charge is 0.335 e. The Kier molecular flexibility index (Phi) is 5.67. The fourth-order valence-electron chi connectivity index (χ4n) is 6.11. The summed E-state index contributed by atoms with van der Waals surface area (Å²) in [7, 11) is 0. The number of rotatable bonds is 3. The van der Waals surface area contributed by atoms with Crippen molar-refractivity contribution >= 4 is 11.4 Å². The topological polar surface area (TPSA) is 3.24 Å². The van der Waals surface area contributed by atoms with Crippen molar-refractivity contribution in [1.29, 1.82) is 0 Å². The quantitative estimate of drug-likeness (QED) is 0.286. The van der Waals surface area contributed by atoms with Gasteiger partial charge in [-0.3, -0.25) is 0 Å². The standard InChI is InChI=1S/C35H39N/c1-33(2,3)32-30(23-22-28-31(32)26-19-12-14-20-27(26)35(28,7)8)36(34(4,5)6)29-21-15-13-18-25(29)24-16-10-9-11-17-24/h9-23H,1-8H3. The summed E-state index contributed by atoms with van der Waals surface area (Å²) in [5, 5.41) is 0. The van der Waals surface area contributed by atoms with Crippen molar-refractivity contribution in [2.24, 2.45) is 0 Å². The monoisotopic (exact) mass is 473 g/mol. The minimum Gasteiger partial charge on any atom is -0.335 e. The average molecular weight is 474 g/mol. The minimum absolute atomic E-state index is 0.0149. The molecule has 4 aromatic carbocycles. The zero-order valence-corrected chi connectivity index (χ0v) is 23.1. The van der Waals surface area contributed by atoms with Gasteiger partial charge >= 0.3 is 0 Å². The Morgan fingerprint density at radius 2 is 1.14 bits per heavy atom. The van der Waals surface area contributed by atoms with Crippen molar-refractivity contribution in [3.8, 4) is 22.3 Å². The molecule has 0 atom stereocenters. The molecule has 0 fully saturated rings. The third-order valence-corrected chi connectivity index (χ3v) is 7.62. The second kappa shape index (κ2) is 8.37. The summed E-state index contributed by atoms with van der Waals surface area (Å²) < 4.78 is 0. The van der Waals surface area contributed by atoms with Crippen LogP contribution in [0.15, 0.2) is 91.0 Å². The average Bonchev–Trinajstić information content (AvgIpc) is 3.05. The lowest BCUT2D eigenvalue weighted by atomic mass is 9.77. The molecule has 0 spiro atoms. The van der Waals surface area contributed by atoms with Gasteiger partial charge in [-0.1, -0.05) is 113 Å². The van der Waals surface area contributed by atoms with E-state index >= 15 is 0 Å². The fourth-order valence-corrected chi connectivity index (χ4v) is 6.11. The van der Waals surface area contributed by atoms with E-state index < -0.39 is 0 Å². The van der Waals surface area contributed by atoms with Crippen LogP contribution >= 0.6 is 0 Å². The predicted octanol–water partition coefficient (Wildman–Crippen LogP) is 9.89. The van der Waals surface area contributed by atoms with Gasteiger partial charge in [-0.2, -0.15) is 0 Å². The number of fused-ring (bicyclic) bond motifs is 3. The van der Waals surface area contributed by atoms with Crippen LogP contribution in [-0.2, 0) is 10.8 Å². The minimum atomic E-state index is -0.132. The Morgan fingerprint density at radius 3 is 1.78 bits per heavy atom. The van der Waals surface area contributed by atoms with Crippen LogP contribution in [0.4, 0.5) is 11.4 Å². The summed E-state index contributed by atoms with van der Waals surface area (Å²) in [6.07, 6.45) is 0. The zero-order valence-electron chi connectivity index (χ0n) is 23.1. The van der Waals surface area contributed by atoms with Gasteiger partial charge in [0.2, 0.25) is 0 Å². The molecule has 0 unspecified atom stereocenters. The molecule has 0 amide bonds. The van der Waals surface area contributed by atoms with E-state index in [0.29, 0.717) is 0 Å². The summed E-state index contributed by atoms with van der Waals surface area (Å²) in [5.41, 5.74) is 11.9. The van der Waals surface area contributed by atoms with Crippen LogP contribution in [0.25, 0.3) is 22.3 Å². The Balaban J connectivity index is 1.86. The highest BCUT2D eigenvalue weighted by Gasteiger charge is 2.41. The molecule has 5 rings (SSSR count). The van der Waals surface area contributed by atoms with Gasteiger partial charge < -0.3 is 4.90 Å². The third-order valence-electron chi connectivity index (χ3n) is 7.62. The first-order valence-corrected chi connectivity index (χ1v) is 13.1. The molecule has 0 aliphatic heterocycles. The molecule has 0 saturated carbocycles. The molecule has 0 aromatic heterocycles. The molecular weight excluding hydrogens is 434 g/mol. The van der Waals surface area contributed by atoms with E-state index in [-0.39, 0.29) is 16.4 Å². The van der Waals surface area contributed by atoms with Crippen molar-refractivity contribution in [3.63, 3.8) is 0 Å². The molecule has 36 heavy (non-hydrogen) atoms. The van der Waals surface area contributed by atoms with E-state index in [9.17, 15) is 0 Å². The second-order valence-corrected chi connectivity index (χ2v) is 12.7. The van der Waals surface area contributed by atoms with Crippen molar-refractivity contribution in [2.45, 2.75) is 71.8 Å². The van der Waals surface area contributed by atoms with Crippen LogP contribution in [0.3, 0.4) is 0 Å². The van der Waals surface area contributed by atoms with Crippen LogP contribution in [0, 0.1) is 0 Å². The van der Waals surface area contributed by atoms with Gasteiger partial charge in [0.1, 0.15) is 0 Å². The number of para-hydroxylation sites is 1. The molecule has 0 saturated heterocycles. The van der Waals surface area contributed by atoms with Gasteiger partial charge in [0.05, 0.1) is 0 Å². The maximum Gasteiger partial charge on any atom is 0.0495 e. The first-order valence-electron chi connectivity index (χ1n) is 13.1. The lowest BCUT2D eigenvalue weighted by molar-refractivity contribution is 0.543. The summed E-state index contributed by atoms with van der Waals surface area (Å²) >= 11 is 0. The summed E-state index contributed by atoms with van der Waals surface area (Å²) in [6.45, 7) is 18.8. The predicted molar refractivity (Wildman–Crippen MR) is 156 cm³/mol. The van der Waals surface area contributed by atoms with Crippen molar-refractivity contribution in [1.82, 2.24) is 0 Å². The number of nitrogens with zero attached hydrogens (tertiary/aromatic N) is 1. The van der Waals surface area contributed by atoms with E-state index in [4.69, 9.17) is 0 Å². The first kappa shape index (κ1) is 24.4. The van der Waals surface area contributed by atoms with Gasteiger partial charge in [0, 0.05) is 27.9 Å². The van der Waals surface area contributed by atoms with Crippen LogP contribution in [0.2, 0.25) is 0 Å². The Labute approximate surface area is 217 Å². The maximum atomic E-state index is 2.57. The maximum absolute atomic E-state index is 2.57. The highest BCUT2D eigenvalue weighted by molar-refractivity contribution is 5.91. The van der Waals surface area contributed by atoms with Gasteiger partial charge in [-0.15, -0.1) is 0 Å². The van der Waals surface area contributed by atoms with Crippen LogP contribution in [0.1, 0.15) is 72.1 Å². The second-order valence-electron chi connectivity index (χ2n) is 12.7. The number of hydrogen-bond acceptors (Lipinski definition) is 1. The smallest absolute Gasteiger partial charge is 0.0495 e. The normalized spacial score (nSPS) is 14.3. The molecule has 184 valence electrons. The SMILES string of the molecule is CC(C)(C)c1c(N(c2ccccc2-c2ccccc2)C(C)(C)C)ccc2c1-c1ccccc1C2(C)C. The Bertz CT molecular complexity index is 1410. The van der Waals surface area contributed by atoms with Crippen molar-refractivity contribution < 1.29 is 0 Å². The molecule has 1 heteroatoms. The number of hydrogen-bond donors (Lipinski definition) is 0. The summed E-state index contributed by atoms with van der Waals surface area (Å²) in [5.74, 6) is 0. The molecular formula is C35H39N. The van der Waals surface area contributed by atoms with E-state index in [1.54, 1.807) is 0 Å². The molecule has 0 bridgehead atoms. The lowest BCUT2D eigenvalue weighted by Gasteiger charge is -2.42. The van der Waals surface area contributed by atoms with E-state index in [1.807, 2.05) is 0 Å². The molecule has 1 aliphatic carbocycles. The molecule has 1 aliphatic rings. The van der Waals surface area contributed by atoms with E-state index in [1.165, 1.54) is 50.3 Å². The highest BCUT2D eigenvalue weighted by atomic mass is 15.2. The van der Waals surface area contributed by atoms with Gasteiger partial charge in [0.15, 0.2) is 0 Å². The van der Waals surface area contributed by atoms with Gasteiger partial charge in [-0.25, -0.2) is 0 Å².